The third-order valence-corrected chi connectivity index (χ3v) is 3.32. The number of rotatable bonds is 0. The summed E-state index contributed by atoms with van der Waals surface area (Å²) in [5.74, 6) is 1.77. The maximum atomic E-state index is 11.0. The Balaban J connectivity index is 2.51. The Morgan fingerprint density at radius 3 is 2.67 bits per heavy atom. The predicted molar refractivity (Wildman–Crippen MR) is 40.7 cm³/mol. The van der Waals surface area contributed by atoms with Crippen LogP contribution < -0.4 is 0 Å². The van der Waals surface area contributed by atoms with Gasteiger partial charge in [-0.25, -0.2) is 0 Å². The minimum absolute atomic E-state index is 0.295. The van der Waals surface area contributed by atoms with Gasteiger partial charge in [-0.15, -0.1) is 0 Å². The second kappa shape index (κ2) is 2.74. The van der Waals surface area contributed by atoms with E-state index in [2.05, 4.69) is 6.92 Å². The van der Waals surface area contributed by atoms with E-state index in [9.17, 15) is 4.79 Å². The van der Waals surface area contributed by atoms with E-state index in [-0.39, 0.29) is 0 Å². The molecule has 1 nitrogen and oxygen atoms in total. The molecule has 1 rings (SSSR count). The van der Waals surface area contributed by atoms with E-state index < -0.39 is 0 Å². The molecule has 1 saturated heterocycles. The molecular weight excluding hydrogens is 132 g/mol. The molecule has 2 unspecified atom stereocenters. The van der Waals surface area contributed by atoms with E-state index in [0.29, 0.717) is 17.0 Å². The van der Waals surface area contributed by atoms with Crippen LogP contribution in [0.5, 0.6) is 0 Å². The van der Waals surface area contributed by atoms with Crippen LogP contribution in [-0.2, 0) is 4.79 Å². The summed E-state index contributed by atoms with van der Waals surface area (Å²) in [6.45, 7) is 4.16. The van der Waals surface area contributed by atoms with E-state index in [1.54, 1.807) is 0 Å². The van der Waals surface area contributed by atoms with Crippen molar-refractivity contribution in [3.63, 3.8) is 0 Å². The molecule has 0 aromatic carbocycles. The van der Waals surface area contributed by atoms with Crippen LogP contribution in [0.15, 0.2) is 0 Å². The summed E-state index contributed by atoms with van der Waals surface area (Å²) < 4.78 is 0. The van der Waals surface area contributed by atoms with Gasteiger partial charge in [0.1, 0.15) is 5.78 Å². The Hall–Kier alpha value is 0.0200. The number of carbonyl (C=O) groups is 1. The maximum Gasteiger partial charge on any atom is 0.137 e. The molecule has 1 aliphatic rings. The van der Waals surface area contributed by atoms with Crippen LogP contribution in [0.2, 0.25) is 0 Å². The van der Waals surface area contributed by atoms with Gasteiger partial charge in [0.15, 0.2) is 0 Å². The normalized spacial score (nSPS) is 36.9. The third-order valence-electron chi connectivity index (χ3n) is 1.94. The molecule has 1 heterocycles. The molecule has 1 fully saturated rings. The average molecular weight is 144 g/mol. The lowest BCUT2D eigenvalue weighted by molar-refractivity contribution is -0.122. The van der Waals surface area contributed by atoms with Crippen LogP contribution in [0, 0.1) is 5.92 Å². The lowest BCUT2D eigenvalue weighted by atomic mass is 10.0. The average Bonchev–Trinajstić information content (AvgIpc) is 1.83. The molecule has 2 atom stereocenters. The second-order valence-corrected chi connectivity index (χ2v) is 4.07. The minimum atomic E-state index is 0.295. The van der Waals surface area contributed by atoms with Crippen LogP contribution in [0.3, 0.4) is 0 Å². The van der Waals surface area contributed by atoms with Crippen molar-refractivity contribution in [1.82, 2.24) is 0 Å². The standard InChI is InChI=1S/C7H12OS/c1-5-6(2)9-4-3-7(5)8/h5-6H,3-4H2,1-2H3. The number of carbonyl (C=O) groups excluding carboxylic acids is 1. The fourth-order valence-corrected chi connectivity index (χ4v) is 2.11. The Labute approximate surface area is 60.2 Å². The van der Waals surface area contributed by atoms with E-state index in [4.69, 9.17) is 0 Å². The van der Waals surface area contributed by atoms with Gasteiger partial charge in [0.2, 0.25) is 0 Å². The predicted octanol–water partition coefficient (Wildman–Crippen LogP) is 1.72. The highest BCUT2D eigenvalue weighted by Gasteiger charge is 2.24. The SMILES string of the molecule is CC1SCCC(=O)C1C. The lowest BCUT2D eigenvalue weighted by Crippen LogP contribution is -2.26. The molecule has 0 saturated carbocycles. The summed E-state index contributed by atoms with van der Waals surface area (Å²) in [5, 5.41) is 0.547. The highest BCUT2D eigenvalue weighted by Crippen LogP contribution is 2.26. The Kier molecular flexibility index (Phi) is 2.17. The van der Waals surface area contributed by atoms with Crippen LogP contribution >= 0.6 is 11.8 Å². The molecule has 0 radical (unpaired) electrons. The number of hydrogen-bond donors (Lipinski definition) is 0. The molecule has 0 bridgehead atoms. The highest BCUT2D eigenvalue weighted by atomic mass is 32.2. The molecule has 52 valence electrons. The van der Waals surface area contributed by atoms with Crippen molar-refractivity contribution in [2.75, 3.05) is 5.75 Å². The van der Waals surface area contributed by atoms with Crippen molar-refractivity contribution in [3.05, 3.63) is 0 Å². The molecule has 0 N–H and O–H groups in total. The number of thioether (sulfide) groups is 1. The first-order valence-corrected chi connectivity index (χ1v) is 4.41. The van der Waals surface area contributed by atoms with Gasteiger partial charge in [-0.2, -0.15) is 11.8 Å². The highest BCUT2D eigenvalue weighted by molar-refractivity contribution is 8.00. The van der Waals surface area contributed by atoms with Gasteiger partial charge < -0.3 is 0 Å². The topological polar surface area (TPSA) is 17.1 Å². The number of ketones is 1. The molecular formula is C7H12OS. The molecule has 0 aliphatic carbocycles. The van der Waals surface area contributed by atoms with Gasteiger partial charge in [-0.3, -0.25) is 4.79 Å². The Morgan fingerprint density at radius 2 is 2.22 bits per heavy atom. The fraction of sp³-hybridized carbons (Fsp3) is 0.857. The number of hydrogen-bond acceptors (Lipinski definition) is 2. The van der Waals surface area contributed by atoms with Crippen molar-refractivity contribution in [1.29, 1.82) is 0 Å². The zero-order chi connectivity index (χ0) is 6.85. The largest absolute Gasteiger partial charge is 0.299 e. The summed E-state index contributed by atoms with van der Waals surface area (Å²) in [4.78, 5) is 11.0. The second-order valence-electron chi connectivity index (χ2n) is 2.58. The molecule has 0 aromatic heterocycles. The zero-order valence-electron chi connectivity index (χ0n) is 5.89. The van der Waals surface area contributed by atoms with Crippen LogP contribution in [0.1, 0.15) is 20.3 Å². The van der Waals surface area contributed by atoms with Crippen molar-refractivity contribution >= 4 is 17.5 Å². The summed E-state index contributed by atoms with van der Waals surface area (Å²) in [6, 6.07) is 0. The van der Waals surface area contributed by atoms with E-state index >= 15 is 0 Å². The van der Waals surface area contributed by atoms with E-state index in [0.717, 1.165) is 12.2 Å². The van der Waals surface area contributed by atoms with Crippen LogP contribution in [-0.4, -0.2) is 16.8 Å². The monoisotopic (exact) mass is 144 g/mol. The molecule has 0 amide bonds. The van der Waals surface area contributed by atoms with E-state index in [1.165, 1.54) is 0 Å². The molecule has 1 aliphatic heterocycles. The summed E-state index contributed by atoms with van der Waals surface area (Å²) >= 11 is 1.91. The van der Waals surface area contributed by atoms with Gasteiger partial charge in [-0.05, 0) is 0 Å². The Bertz CT molecular complexity index is 122. The van der Waals surface area contributed by atoms with Crippen molar-refractivity contribution < 1.29 is 4.79 Å². The Morgan fingerprint density at radius 1 is 1.56 bits per heavy atom. The van der Waals surface area contributed by atoms with E-state index in [1.807, 2.05) is 18.7 Å². The minimum Gasteiger partial charge on any atom is -0.299 e. The van der Waals surface area contributed by atoms with Gasteiger partial charge in [0.05, 0.1) is 0 Å². The summed E-state index contributed by atoms with van der Waals surface area (Å²) in [5.41, 5.74) is 0. The first-order chi connectivity index (χ1) is 4.22. The fourth-order valence-electron chi connectivity index (χ4n) is 0.979. The summed E-state index contributed by atoms with van der Waals surface area (Å²) in [6.07, 6.45) is 0.788. The van der Waals surface area contributed by atoms with Crippen LogP contribution in [0.25, 0.3) is 0 Å². The van der Waals surface area contributed by atoms with Crippen molar-refractivity contribution in [3.8, 4) is 0 Å². The van der Waals surface area contributed by atoms with Crippen molar-refractivity contribution in [2.24, 2.45) is 5.92 Å². The maximum absolute atomic E-state index is 11.0. The molecule has 2 heteroatoms. The van der Waals surface area contributed by atoms with Crippen molar-refractivity contribution in [2.45, 2.75) is 25.5 Å². The van der Waals surface area contributed by atoms with Gasteiger partial charge in [-0.1, -0.05) is 13.8 Å². The van der Waals surface area contributed by atoms with Crippen LogP contribution in [0.4, 0.5) is 0 Å². The smallest absolute Gasteiger partial charge is 0.137 e. The zero-order valence-corrected chi connectivity index (χ0v) is 6.70. The first kappa shape index (κ1) is 7.13. The van der Waals surface area contributed by atoms with Gasteiger partial charge in [0.25, 0.3) is 0 Å². The quantitative estimate of drug-likeness (QED) is 0.515. The lowest BCUT2D eigenvalue weighted by Gasteiger charge is -2.22. The third kappa shape index (κ3) is 1.48. The first-order valence-electron chi connectivity index (χ1n) is 3.36. The van der Waals surface area contributed by atoms with Gasteiger partial charge in [0, 0.05) is 23.3 Å². The molecule has 9 heavy (non-hydrogen) atoms. The molecule has 0 aromatic rings. The summed E-state index contributed by atoms with van der Waals surface area (Å²) in [7, 11) is 0. The van der Waals surface area contributed by atoms with Gasteiger partial charge >= 0.3 is 0 Å². The molecule has 0 spiro atoms. The number of Topliss-reactive ketones (excluding diaryl/α,β-unsaturated/α-hetero) is 1.